The zero-order chi connectivity index (χ0) is 46.4. The molecule has 63 heavy (non-hydrogen) atoms. The molecule has 3 heterocycles. The summed E-state index contributed by atoms with van der Waals surface area (Å²) in [6, 6.07) is 20.1. The summed E-state index contributed by atoms with van der Waals surface area (Å²) >= 11 is 0. The number of hydrogen-bond acceptors (Lipinski definition) is 14. The number of amides is 2. The van der Waals surface area contributed by atoms with Crippen molar-refractivity contribution in [3.63, 3.8) is 0 Å². The van der Waals surface area contributed by atoms with Gasteiger partial charge >= 0.3 is 0 Å². The highest BCUT2D eigenvalue weighted by Gasteiger charge is 2.55. The predicted molar refractivity (Wildman–Crippen MR) is 262 cm³/mol. The molecule has 0 spiro atoms. The largest absolute Gasteiger partial charge is 0.870 e. The summed E-state index contributed by atoms with van der Waals surface area (Å²) in [7, 11) is 0. The number of ether oxygens (including phenoxy) is 3. The Bertz CT molecular complexity index is 1390. The number of epoxide rings is 3. The number of primary amides is 2. The van der Waals surface area contributed by atoms with E-state index >= 15 is 0 Å². The van der Waals surface area contributed by atoms with E-state index in [9.17, 15) is 9.59 Å². The van der Waals surface area contributed by atoms with Gasteiger partial charge in [0.2, 0.25) is 11.8 Å². The van der Waals surface area contributed by atoms with Gasteiger partial charge in [0.15, 0.2) is 0 Å². The Morgan fingerprint density at radius 2 is 0.857 bits per heavy atom. The molecule has 11 N–H and O–H groups in total. The maximum atomic E-state index is 9.22. The van der Waals surface area contributed by atoms with Crippen molar-refractivity contribution in [2.24, 2.45) is 11.5 Å². The third kappa shape index (κ3) is 68.9. The summed E-state index contributed by atoms with van der Waals surface area (Å²) in [5.41, 5.74) is 17.6. The van der Waals surface area contributed by atoms with Gasteiger partial charge in [0.05, 0.1) is 36.6 Å². The molecule has 0 bridgehead atoms. The second-order valence-electron chi connectivity index (χ2n) is 13.2. The fraction of sp³-hybridized carbons (Fsp3) is 0.511. The number of nitrogens with one attached hydrogen (secondary N) is 1. The van der Waals surface area contributed by atoms with Crippen molar-refractivity contribution < 1.29 is 55.8 Å². The lowest BCUT2D eigenvalue weighted by Crippen LogP contribution is -2.10. The Labute approximate surface area is 382 Å². The van der Waals surface area contributed by atoms with E-state index in [1.54, 1.807) is 26.0 Å². The van der Waals surface area contributed by atoms with Gasteiger partial charge in [-0.05, 0) is 97.6 Å². The van der Waals surface area contributed by atoms with Gasteiger partial charge in [-0.3, -0.25) is 30.6 Å². The Kier molecular flexibility index (Phi) is 77.5. The van der Waals surface area contributed by atoms with Crippen LogP contribution in [0.4, 0.5) is 0 Å². The van der Waals surface area contributed by atoms with Gasteiger partial charge in [-0.2, -0.15) is 10.5 Å². The monoisotopic (exact) mass is 900 g/mol. The molecule has 16 nitrogen and oxygen atoms in total. The number of benzene rings is 2. The molecule has 2 aromatic rings. The first-order valence-electron chi connectivity index (χ1n) is 17.5. The summed E-state index contributed by atoms with van der Waals surface area (Å²) in [5.74, 6) is -0.667. The van der Waals surface area contributed by atoms with Gasteiger partial charge in [-0.1, -0.05) is 109 Å². The molecule has 0 aromatic heterocycles. The second-order valence-corrected chi connectivity index (χ2v) is 13.2. The van der Waals surface area contributed by atoms with Crippen LogP contribution in [0, 0.1) is 28.1 Å². The zero-order valence-electron chi connectivity index (χ0n) is 37.5. The maximum absolute atomic E-state index is 9.22. The summed E-state index contributed by atoms with van der Waals surface area (Å²) in [6.07, 6.45) is 4.38. The number of carbonyl (C=O) groups excluding carboxylic acids is 2. The fourth-order valence-electron chi connectivity index (χ4n) is 2.87. The number of nitrogens with two attached hydrogens (primary N) is 2. The van der Waals surface area contributed by atoms with Crippen LogP contribution in [0.1, 0.15) is 161 Å². The van der Waals surface area contributed by atoms with Gasteiger partial charge in [-0.15, -0.1) is 0 Å². The Morgan fingerprint density at radius 1 is 0.667 bits per heavy atom. The van der Waals surface area contributed by atoms with Crippen molar-refractivity contribution in [1.29, 1.82) is 15.9 Å². The lowest BCUT2D eigenvalue weighted by atomic mass is 10.0. The van der Waals surface area contributed by atoms with Crippen molar-refractivity contribution in [2.45, 2.75) is 150 Å². The third-order valence-electron chi connectivity index (χ3n) is 6.62. The highest BCUT2D eigenvalue weighted by Crippen LogP contribution is 2.46. The van der Waals surface area contributed by atoms with Crippen molar-refractivity contribution in [1.82, 2.24) is 0 Å². The van der Waals surface area contributed by atoms with Crippen LogP contribution in [0.25, 0.3) is 12.2 Å². The van der Waals surface area contributed by atoms with E-state index < -0.39 is 0 Å². The predicted octanol–water partition coefficient (Wildman–Crippen LogP) is 12.1. The number of hydrogen-bond donors (Lipinski definition) is 7. The fourth-order valence-corrected chi connectivity index (χ4v) is 2.87. The van der Waals surface area contributed by atoms with Crippen molar-refractivity contribution in [3.8, 4) is 12.1 Å². The Morgan fingerprint density at radius 3 is 1.00 bits per heavy atom. The normalized spacial score (nSPS) is 13.5. The van der Waals surface area contributed by atoms with Gasteiger partial charge in [0.1, 0.15) is 12.2 Å². The van der Waals surface area contributed by atoms with Crippen LogP contribution in [-0.4, -0.2) is 73.9 Å². The number of allylic oxidation sites excluding steroid dienone is 2. The van der Waals surface area contributed by atoms with E-state index in [1.165, 1.54) is 50.0 Å². The van der Waals surface area contributed by atoms with Crippen LogP contribution in [0.2, 0.25) is 0 Å². The summed E-state index contributed by atoms with van der Waals surface area (Å²) in [6.45, 7) is 35.0. The first-order valence-corrected chi connectivity index (χ1v) is 17.5. The number of nitrogens with zero attached hydrogens (tertiary/aromatic N) is 2. The number of carbonyl (C=O) groups is 2. The second kappa shape index (κ2) is 54.9. The average Bonchev–Trinajstić information content (AvgIpc) is 4.03. The molecule has 0 radical (unpaired) electrons. The van der Waals surface area contributed by atoms with E-state index in [4.69, 9.17) is 51.2 Å². The molecule has 3 aliphatic rings. The van der Waals surface area contributed by atoms with E-state index in [-0.39, 0.29) is 63.7 Å². The maximum Gasteiger partial charge on any atom is 0.214 e. The lowest BCUT2D eigenvalue weighted by molar-refractivity contribution is -0.176. The number of nitriles is 2. The third-order valence-corrected chi connectivity index (χ3v) is 6.62. The molecule has 2 unspecified atom stereocenters. The van der Waals surface area contributed by atoms with Crippen LogP contribution in [0.3, 0.4) is 0 Å². The van der Waals surface area contributed by atoms with Gasteiger partial charge in [0, 0.05) is 33.4 Å². The molecule has 2 atom stereocenters. The summed E-state index contributed by atoms with van der Waals surface area (Å²) in [4.78, 5) is 18.4. The van der Waals surface area contributed by atoms with Crippen LogP contribution >= 0.6 is 0 Å². The zero-order valence-corrected chi connectivity index (χ0v) is 37.5. The topological polar surface area (TPSA) is 336 Å². The van der Waals surface area contributed by atoms with E-state index in [0.29, 0.717) is 17.9 Å². The highest BCUT2D eigenvalue weighted by molar-refractivity contribution is 5.75. The SMILES string of the molecule is C.C.C.C.C=Cc1cccc(C=C)c1.CC#N.CC#N.CC(C)=C(C)C.CC(C)=N.CC(N)=O.CC(N)=O.CC1(C)OC1(C)C.OO.OO.[OH-].[OH-].c1cc(C2CO2)cc(C2CO2)c1. The van der Waals surface area contributed by atoms with E-state index in [0.717, 1.165) is 24.3 Å². The smallest absolute Gasteiger partial charge is 0.214 e. The molecule has 370 valence electrons. The first kappa shape index (κ1) is 89.0. The summed E-state index contributed by atoms with van der Waals surface area (Å²) < 4.78 is 15.7. The van der Waals surface area contributed by atoms with Crippen LogP contribution < -0.4 is 11.5 Å². The minimum absolute atomic E-state index is 0. The molecule has 5 rings (SSSR count). The Balaban J connectivity index is -0.0000000473. The molecule has 3 saturated heterocycles. The van der Waals surface area contributed by atoms with Crippen molar-refractivity contribution >= 4 is 29.7 Å². The first-order chi connectivity index (χ1) is 26.4. The molecule has 2 aromatic carbocycles. The molecule has 16 heteroatoms. The summed E-state index contributed by atoms with van der Waals surface area (Å²) in [5, 5.41) is 45.1. The van der Waals surface area contributed by atoms with Crippen molar-refractivity contribution in [3.05, 3.63) is 95.1 Å². The molecular weight excluding hydrogens is 811 g/mol. The Hall–Kier alpha value is -5.11. The van der Waals surface area contributed by atoms with Crippen LogP contribution in [0.5, 0.6) is 0 Å². The standard InChI is InChI=1S/C10H10O2.C10H10.C6H12O.C6H12.C3H7N.2C2H5NO.2C2H3N.4CH4.2H2O2.2H2O/c1-2-7(9-5-11-9)4-8(3-1)10-6-12-10;1-3-9-6-5-7-10(4-2)8-9;1-5(2)6(3,4)7-5;1-5(2)6(3)4;1-3(2)4;2*1-2(3)4;2*1-2-3;;;;;2*1-2;;/h1-4,9-10H,5-6H2;3-8H,1-2H2;1-4H3;1-4H3;4H,1-2H3;2*1H3,(H2,3,4);2*1H3;4*1H4;2*1-2H;2*1H2/p-2. The van der Waals surface area contributed by atoms with Gasteiger partial charge < -0.3 is 42.0 Å². The molecule has 3 aliphatic heterocycles. The quantitative estimate of drug-likeness (QED) is 0.0494. The lowest BCUT2D eigenvalue weighted by Gasteiger charge is -1.98. The minimum Gasteiger partial charge on any atom is -0.870 e. The van der Waals surface area contributed by atoms with Crippen molar-refractivity contribution in [2.75, 3.05) is 13.2 Å². The molecule has 3 fully saturated rings. The van der Waals surface area contributed by atoms with Gasteiger partial charge in [0.25, 0.3) is 0 Å². The van der Waals surface area contributed by atoms with E-state index in [1.807, 2.05) is 36.4 Å². The van der Waals surface area contributed by atoms with Crippen LogP contribution in [0.15, 0.2) is 72.8 Å². The number of rotatable bonds is 4. The van der Waals surface area contributed by atoms with Gasteiger partial charge in [-0.25, -0.2) is 0 Å². The molecule has 0 saturated carbocycles. The van der Waals surface area contributed by atoms with Crippen LogP contribution in [-0.2, 0) is 23.8 Å². The molecule has 2 amide bonds. The molecule has 0 aliphatic carbocycles. The molecular formula is C47H89N5O11-2. The average molecular weight is 900 g/mol. The highest BCUT2D eigenvalue weighted by atomic mass is 17.0. The van der Waals surface area contributed by atoms with E-state index in [2.05, 4.69) is 104 Å². The minimum atomic E-state index is -0.333.